The Labute approximate surface area is 78.0 Å². The lowest BCUT2D eigenvalue weighted by molar-refractivity contribution is 0.205. The molecule has 0 aliphatic heterocycles. The van der Waals surface area contributed by atoms with Crippen LogP contribution in [-0.4, -0.2) is 20.3 Å². The summed E-state index contributed by atoms with van der Waals surface area (Å²) in [6.45, 7) is 1.28. The Balaban J connectivity index is 2.55. The van der Waals surface area contributed by atoms with Gasteiger partial charge in [0.15, 0.2) is 0 Å². The summed E-state index contributed by atoms with van der Waals surface area (Å²) in [6.07, 6.45) is 0. The number of anilines is 2. The second kappa shape index (κ2) is 4.69. The van der Waals surface area contributed by atoms with Crippen molar-refractivity contribution in [2.45, 2.75) is 0 Å². The zero-order chi connectivity index (χ0) is 9.68. The highest BCUT2D eigenvalue weighted by atomic mass is 16.5. The Hall–Kier alpha value is -1.26. The molecule has 0 fully saturated rings. The van der Waals surface area contributed by atoms with E-state index < -0.39 is 0 Å². The van der Waals surface area contributed by atoms with E-state index >= 15 is 0 Å². The number of methoxy groups -OCH3 is 1. The summed E-state index contributed by atoms with van der Waals surface area (Å²) in [6, 6.07) is 7.40. The Morgan fingerprint density at radius 3 is 2.46 bits per heavy atom. The number of nitrogen functional groups attached to an aromatic ring is 1. The summed E-state index contributed by atoms with van der Waals surface area (Å²) >= 11 is 0. The predicted octanol–water partition coefficient (Wildman–Crippen LogP) is 0.595. The van der Waals surface area contributed by atoms with Crippen molar-refractivity contribution < 1.29 is 4.74 Å². The molecule has 4 N–H and O–H groups in total. The van der Waals surface area contributed by atoms with Gasteiger partial charge in [0.1, 0.15) is 0 Å². The molecule has 0 spiro atoms. The van der Waals surface area contributed by atoms with Gasteiger partial charge >= 0.3 is 0 Å². The fourth-order valence-corrected chi connectivity index (χ4v) is 0.985. The normalized spacial score (nSPS) is 10.0. The average Bonchev–Trinajstić information content (AvgIpc) is 2.15. The molecule has 0 bridgehead atoms. The van der Waals surface area contributed by atoms with Crippen molar-refractivity contribution in [2.24, 2.45) is 5.84 Å². The zero-order valence-electron chi connectivity index (χ0n) is 7.73. The first-order valence-electron chi connectivity index (χ1n) is 4.10. The summed E-state index contributed by atoms with van der Waals surface area (Å²) in [4.78, 5) is 0. The number of hydrazine groups is 1. The summed E-state index contributed by atoms with van der Waals surface area (Å²) in [7, 11) is 1.65. The van der Waals surface area contributed by atoms with Crippen molar-refractivity contribution in [2.75, 3.05) is 31.0 Å². The van der Waals surface area contributed by atoms with Crippen LogP contribution < -0.4 is 16.6 Å². The van der Waals surface area contributed by atoms with Gasteiger partial charge in [0.05, 0.1) is 18.8 Å². The minimum atomic E-state index is 0.612. The molecule has 72 valence electrons. The zero-order valence-corrected chi connectivity index (χ0v) is 7.73. The van der Waals surface area contributed by atoms with Crippen LogP contribution in [0, 0.1) is 0 Å². The standard InChI is InChI=1S/C9H15N3O/c1-13-7-6-12(11)9-4-2-8(10)3-5-9/h2-5H,6-7,10-11H2,1H3. The number of benzene rings is 1. The molecule has 0 aromatic heterocycles. The van der Waals surface area contributed by atoms with Gasteiger partial charge in [0.25, 0.3) is 0 Å². The second-order valence-corrected chi connectivity index (χ2v) is 2.78. The molecule has 1 aromatic carbocycles. The van der Waals surface area contributed by atoms with E-state index in [2.05, 4.69) is 0 Å². The summed E-state index contributed by atoms with van der Waals surface area (Å²) in [5.74, 6) is 5.74. The average molecular weight is 181 g/mol. The SMILES string of the molecule is COCCN(N)c1ccc(N)cc1. The van der Waals surface area contributed by atoms with Crippen LogP contribution in [0.3, 0.4) is 0 Å². The van der Waals surface area contributed by atoms with Crippen LogP contribution in [0.5, 0.6) is 0 Å². The van der Waals surface area contributed by atoms with Crippen molar-refractivity contribution in [3.05, 3.63) is 24.3 Å². The molecule has 0 radical (unpaired) electrons. The number of nitrogens with zero attached hydrogens (tertiary/aromatic N) is 1. The quantitative estimate of drug-likeness (QED) is 0.405. The van der Waals surface area contributed by atoms with Crippen molar-refractivity contribution in [1.29, 1.82) is 0 Å². The van der Waals surface area contributed by atoms with Gasteiger partial charge in [-0.15, -0.1) is 0 Å². The molecule has 0 aliphatic rings. The van der Waals surface area contributed by atoms with E-state index in [9.17, 15) is 0 Å². The van der Waals surface area contributed by atoms with Gasteiger partial charge in [-0.25, -0.2) is 5.84 Å². The first kappa shape index (κ1) is 9.83. The van der Waals surface area contributed by atoms with Crippen LogP contribution in [-0.2, 0) is 4.74 Å². The molecule has 1 aromatic rings. The Bertz CT molecular complexity index is 248. The first-order valence-corrected chi connectivity index (χ1v) is 4.10. The molecule has 4 heteroatoms. The summed E-state index contributed by atoms with van der Waals surface area (Å²) < 4.78 is 4.91. The molecule has 0 amide bonds. The van der Waals surface area contributed by atoms with Crippen molar-refractivity contribution in [3.8, 4) is 0 Å². The molecule has 0 atom stereocenters. The Morgan fingerprint density at radius 2 is 1.92 bits per heavy atom. The van der Waals surface area contributed by atoms with Gasteiger partial charge in [0, 0.05) is 12.8 Å². The van der Waals surface area contributed by atoms with Gasteiger partial charge in [-0.1, -0.05) is 0 Å². The van der Waals surface area contributed by atoms with E-state index in [-0.39, 0.29) is 0 Å². The minimum absolute atomic E-state index is 0.612. The van der Waals surface area contributed by atoms with Gasteiger partial charge < -0.3 is 15.5 Å². The minimum Gasteiger partial charge on any atom is -0.399 e. The third kappa shape index (κ3) is 2.93. The van der Waals surface area contributed by atoms with E-state index in [0.29, 0.717) is 13.2 Å². The maximum atomic E-state index is 5.74. The molecule has 0 saturated heterocycles. The fourth-order valence-electron chi connectivity index (χ4n) is 0.985. The fraction of sp³-hybridized carbons (Fsp3) is 0.333. The lowest BCUT2D eigenvalue weighted by atomic mass is 10.3. The number of rotatable bonds is 4. The topological polar surface area (TPSA) is 64.5 Å². The van der Waals surface area contributed by atoms with E-state index in [0.717, 1.165) is 11.4 Å². The number of hydrogen-bond donors (Lipinski definition) is 2. The molecule has 13 heavy (non-hydrogen) atoms. The van der Waals surface area contributed by atoms with Gasteiger partial charge in [-0.2, -0.15) is 0 Å². The Kier molecular flexibility index (Phi) is 3.54. The van der Waals surface area contributed by atoms with Crippen LogP contribution in [0.2, 0.25) is 0 Å². The predicted molar refractivity (Wildman–Crippen MR) is 54.3 cm³/mol. The van der Waals surface area contributed by atoms with Crippen LogP contribution in [0.4, 0.5) is 11.4 Å². The summed E-state index contributed by atoms with van der Waals surface area (Å²) in [5, 5.41) is 1.63. The van der Waals surface area contributed by atoms with E-state index in [1.54, 1.807) is 12.1 Å². The van der Waals surface area contributed by atoms with Gasteiger partial charge in [-0.05, 0) is 24.3 Å². The van der Waals surface area contributed by atoms with Gasteiger partial charge in [-0.3, -0.25) is 0 Å². The van der Waals surface area contributed by atoms with Crippen LogP contribution >= 0.6 is 0 Å². The van der Waals surface area contributed by atoms with E-state index in [4.69, 9.17) is 16.3 Å². The molecule has 0 aliphatic carbocycles. The number of ether oxygens (including phenoxy) is 1. The highest BCUT2D eigenvalue weighted by Crippen LogP contribution is 2.12. The highest BCUT2D eigenvalue weighted by Gasteiger charge is 1.99. The first-order chi connectivity index (χ1) is 6.24. The van der Waals surface area contributed by atoms with E-state index in [1.807, 2.05) is 24.3 Å². The monoisotopic (exact) mass is 181 g/mol. The second-order valence-electron chi connectivity index (χ2n) is 2.78. The number of nitrogens with two attached hydrogens (primary N) is 2. The smallest absolute Gasteiger partial charge is 0.0653 e. The van der Waals surface area contributed by atoms with Crippen molar-refractivity contribution in [1.82, 2.24) is 0 Å². The van der Waals surface area contributed by atoms with Gasteiger partial charge in [0.2, 0.25) is 0 Å². The molecular formula is C9H15N3O. The van der Waals surface area contributed by atoms with Crippen LogP contribution in [0.25, 0.3) is 0 Å². The lowest BCUT2D eigenvalue weighted by Crippen LogP contribution is -2.33. The largest absolute Gasteiger partial charge is 0.399 e. The molecule has 0 unspecified atom stereocenters. The molecule has 0 saturated carbocycles. The maximum Gasteiger partial charge on any atom is 0.0653 e. The van der Waals surface area contributed by atoms with Crippen molar-refractivity contribution in [3.63, 3.8) is 0 Å². The highest BCUT2D eigenvalue weighted by molar-refractivity contribution is 5.52. The number of hydrogen-bond acceptors (Lipinski definition) is 4. The Morgan fingerprint density at radius 1 is 1.31 bits per heavy atom. The van der Waals surface area contributed by atoms with Crippen LogP contribution in [0.15, 0.2) is 24.3 Å². The third-order valence-corrected chi connectivity index (χ3v) is 1.76. The van der Waals surface area contributed by atoms with Crippen LogP contribution in [0.1, 0.15) is 0 Å². The summed E-state index contributed by atoms with van der Waals surface area (Å²) in [5.41, 5.74) is 7.22. The third-order valence-electron chi connectivity index (χ3n) is 1.76. The molecule has 0 heterocycles. The van der Waals surface area contributed by atoms with Crippen molar-refractivity contribution >= 4 is 11.4 Å². The molecule has 4 nitrogen and oxygen atoms in total. The maximum absolute atomic E-state index is 5.74. The molecular weight excluding hydrogens is 166 g/mol. The molecule has 1 rings (SSSR count). The lowest BCUT2D eigenvalue weighted by Gasteiger charge is -2.17. The van der Waals surface area contributed by atoms with E-state index in [1.165, 1.54) is 0 Å².